The number of benzene rings is 1. The van der Waals surface area contributed by atoms with Crippen molar-refractivity contribution in [3.8, 4) is 0 Å². The summed E-state index contributed by atoms with van der Waals surface area (Å²) in [5.41, 5.74) is 5.10. The predicted molar refractivity (Wildman–Crippen MR) is 119 cm³/mol. The first-order valence-corrected chi connectivity index (χ1v) is 11.0. The first kappa shape index (κ1) is 21.8. The van der Waals surface area contributed by atoms with Crippen LogP contribution in [0.5, 0.6) is 0 Å². The number of nitrogens with one attached hydrogen (secondary N) is 1. The number of aliphatic imine (C=N–C) groups is 1. The minimum absolute atomic E-state index is 0.176. The van der Waals surface area contributed by atoms with Crippen LogP contribution in [0.3, 0.4) is 0 Å². The summed E-state index contributed by atoms with van der Waals surface area (Å²) in [6.45, 7) is 10.3. The third-order valence-corrected chi connectivity index (χ3v) is 5.99. The van der Waals surface area contributed by atoms with E-state index in [0.29, 0.717) is 17.7 Å². The first-order chi connectivity index (χ1) is 13.9. The molecule has 1 aromatic heterocycles. The predicted octanol–water partition coefficient (Wildman–Crippen LogP) is 3.58. The van der Waals surface area contributed by atoms with Crippen LogP contribution >= 0.6 is 23.3 Å². The van der Waals surface area contributed by atoms with Gasteiger partial charge in [-0.3, -0.25) is 10.2 Å². The number of guanidine groups is 1. The average Bonchev–Trinajstić information content (AvgIpc) is 3.14. The SMILES string of the molecule is CC(C)(C)c1ccc(CCCN=C(NO)N2CCN(c3nsnc3Cl)CC2)cc1. The lowest BCUT2D eigenvalue weighted by atomic mass is 9.86. The van der Waals surface area contributed by atoms with Crippen LogP contribution in [0, 0.1) is 0 Å². The maximum absolute atomic E-state index is 9.52. The van der Waals surface area contributed by atoms with Crippen LogP contribution in [0.25, 0.3) is 0 Å². The van der Waals surface area contributed by atoms with E-state index in [1.807, 2.05) is 4.90 Å². The van der Waals surface area contributed by atoms with Gasteiger partial charge in [-0.1, -0.05) is 56.6 Å². The highest BCUT2D eigenvalue weighted by Gasteiger charge is 2.23. The highest BCUT2D eigenvalue weighted by molar-refractivity contribution is 6.99. The second kappa shape index (κ2) is 9.73. The Morgan fingerprint density at radius 1 is 1.17 bits per heavy atom. The van der Waals surface area contributed by atoms with Crippen LogP contribution in [0.4, 0.5) is 5.82 Å². The topological polar surface area (TPSA) is 76.9 Å². The average molecular weight is 437 g/mol. The molecule has 0 spiro atoms. The van der Waals surface area contributed by atoms with Gasteiger partial charge in [-0.2, -0.15) is 8.75 Å². The maximum Gasteiger partial charge on any atom is 0.218 e. The number of anilines is 1. The van der Waals surface area contributed by atoms with Crippen LogP contribution in [0.2, 0.25) is 5.15 Å². The quantitative estimate of drug-likeness (QED) is 0.323. The zero-order valence-electron chi connectivity index (χ0n) is 17.2. The second-order valence-electron chi connectivity index (χ2n) is 8.22. The minimum atomic E-state index is 0.176. The van der Waals surface area contributed by atoms with E-state index in [1.165, 1.54) is 11.1 Å². The molecule has 0 amide bonds. The normalized spacial score (nSPS) is 15.7. The molecule has 1 saturated heterocycles. The van der Waals surface area contributed by atoms with Crippen LogP contribution in [-0.2, 0) is 11.8 Å². The van der Waals surface area contributed by atoms with Gasteiger partial charge in [0.1, 0.15) is 0 Å². The fraction of sp³-hybridized carbons (Fsp3) is 0.550. The third kappa shape index (κ3) is 5.81. The van der Waals surface area contributed by atoms with E-state index < -0.39 is 0 Å². The Bertz CT molecular complexity index is 809. The molecule has 0 atom stereocenters. The molecule has 9 heteroatoms. The van der Waals surface area contributed by atoms with Crippen molar-refractivity contribution < 1.29 is 5.21 Å². The highest BCUT2D eigenvalue weighted by Crippen LogP contribution is 2.24. The number of aryl methyl sites for hydroxylation is 1. The molecule has 0 unspecified atom stereocenters. The molecule has 29 heavy (non-hydrogen) atoms. The van der Waals surface area contributed by atoms with Gasteiger partial charge in [0.05, 0.1) is 11.7 Å². The zero-order valence-corrected chi connectivity index (χ0v) is 18.8. The van der Waals surface area contributed by atoms with Crippen molar-refractivity contribution in [3.05, 3.63) is 40.5 Å². The Kier molecular flexibility index (Phi) is 7.32. The van der Waals surface area contributed by atoms with Crippen LogP contribution < -0.4 is 10.4 Å². The zero-order chi connectivity index (χ0) is 20.9. The summed E-state index contributed by atoms with van der Waals surface area (Å²) < 4.78 is 8.27. The van der Waals surface area contributed by atoms with Gasteiger partial charge < -0.3 is 9.80 Å². The Balaban J connectivity index is 1.46. The van der Waals surface area contributed by atoms with Crippen molar-refractivity contribution in [1.82, 2.24) is 19.1 Å². The van der Waals surface area contributed by atoms with E-state index in [0.717, 1.165) is 56.6 Å². The number of hydroxylamine groups is 1. The molecule has 2 N–H and O–H groups in total. The van der Waals surface area contributed by atoms with E-state index in [1.54, 1.807) is 0 Å². The molecular weight excluding hydrogens is 408 g/mol. The van der Waals surface area contributed by atoms with Crippen molar-refractivity contribution >= 4 is 35.1 Å². The van der Waals surface area contributed by atoms with Gasteiger partial charge in [0, 0.05) is 32.7 Å². The molecular formula is C20H29ClN6OS. The first-order valence-electron chi connectivity index (χ1n) is 9.90. The molecule has 0 aliphatic carbocycles. The van der Waals surface area contributed by atoms with E-state index in [-0.39, 0.29) is 5.41 Å². The van der Waals surface area contributed by atoms with Gasteiger partial charge in [-0.05, 0) is 29.4 Å². The highest BCUT2D eigenvalue weighted by atomic mass is 35.5. The number of hydrogen-bond acceptors (Lipinski definition) is 6. The third-order valence-electron chi connectivity index (χ3n) is 5.12. The summed E-state index contributed by atoms with van der Waals surface area (Å²) in [4.78, 5) is 8.71. The number of aromatic nitrogens is 2. The molecule has 158 valence electrons. The number of halogens is 1. The summed E-state index contributed by atoms with van der Waals surface area (Å²) >= 11 is 7.19. The van der Waals surface area contributed by atoms with Gasteiger partial charge in [0.2, 0.25) is 5.96 Å². The molecule has 0 saturated carbocycles. The Labute approximate surface area is 181 Å². The summed E-state index contributed by atoms with van der Waals surface area (Å²) in [7, 11) is 0. The van der Waals surface area contributed by atoms with Gasteiger partial charge >= 0.3 is 0 Å². The molecule has 2 aromatic rings. The van der Waals surface area contributed by atoms with Crippen molar-refractivity contribution in [2.24, 2.45) is 4.99 Å². The van der Waals surface area contributed by atoms with E-state index in [4.69, 9.17) is 11.6 Å². The van der Waals surface area contributed by atoms with Crippen molar-refractivity contribution in [2.75, 3.05) is 37.6 Å². The standard InChI is InChI=1S/C20H29ClN6OS/c1-20(2,3)16-8-6-15(7-9-16)5-4-10-22-19(23-28)27-13-11-26(12-14-27)18-17(21)24-29-25-18/h6-9,28H,4-5,10-14H2,1-3H3,(H,22,23). The van der Waals surface area contributed by atoms with Gasteiger partial charge in [0.15, 0.2) is 11.0 Å². The largest absolute Gasteiger partial charge is 0.350 e. The van der Waals surface area contributed by atoms with E-state index in [2.05, 4.69) is 69.2 Å². The van der Waals surface area contributed by atoms with Crippen molar-refractivity contribution in [2.45, 2.75) is 39.0 Å². The summed E-state index contributed by atoms with van der Waals surface area (Å²) in [5.74, 6) is 1.26. The molecule has 1 aliphatic heterocycles. The Hall–Kier alpha value is -1.90. The second-order valence-corrected chi connectivity index (χ2v) is 9.11. The van der Waals surface area contributed by atoms with Crippen LogP contribution in [-0.4, -0.2) is 57.5 Å². The number of piperazine rings is 1. The summed E-state index contributed by atoms with van der Waals surface area (Å²) in [6, 6.07) is 8.83. The molecule has 1 fully saturated rings. The molecule has 1 aromatic carbocycles. The minimum Gasteiger partial charge on any atom is -0.350 e. The summed E-state index contributed by atoms with van der Waals surface area (Å²) in [6.07, 6.45) is 1.90. The van der Waals surface area contributed by atoms with Gasteiger partial charge in [0.25, 0.3) is 0 Å². The lowest BCUT2D eigenvalue weighted by Crippen LogP contribution is -2.52. The molecule has 0 bridgehead atoms. The molecule has 3 rings (SSSR count). The van der Waals surface area contributed by atoms with Crippen LogP contribution in [0.15, 0.2) is 29.3 Å². The maximum atomic E-state index is 9.52. The number of rotatable bonds is 5. The monoisotopic (exact) mass is 436 g/mol. The lowest BCUT2D eigenvalue weighted by Gasteiger charge is -2.35. The summed E-state index contributed by atoms with van der Waals surface area (Å²) in [5, 5.41) is 9.97. The molecule has 1 aliphatic rings. The van der Waals surface area contributed by atoms with Gasteiger partial charge in [-0.25, -0.2) is 5.48 Å². The van der Waals surface area contributed by atoms with Crippen molar-refractivity contribution in [1.29, 1.82) is 0 Å². The smallest absolute Gasteiger partial charge is 0.218 e. The Morgan fingerprint density at radius 3 is 2.41 bits per heavy atom. The molecule has 0 radical (unpaired) electrons. The van der Waals surface area contributed by atoms with E-state index in [9.17, 15) is 5.21 Å². The molecule has 2 heterocycles. The fourth-order valence-corrected chi connectivity index (χ4v) is 4.12. The van der Waals surface area contributed by atoms with Crippen LogP contribution in [0.1, 0.15) is 38.3 Å². The lowest BCUT2D eigenvalue weighted by molar-refractivity contribution is 0.206. The number of hydrogen-bond donors (Lipinski definition) is 2. The Morgan fingerprint density at radius 2 is 1.86 bits per heavy atom. The van der Waals surface area contributed by atoms with Crippen molar-refractivity contribution in [3.63, 3.8) is 0 Å². The van der Waals surface area contributed by atoms with Gasteiger partial charge in [-0.15, -0.1) is 0 Å². The molecule has 7 nitrogen and oxygen atoms in total. The van der Waals surface area contributed by atoms with E-state index >= 15 is 0 Å². The fourth-order valence-electron chi connectivity index (χ4n) is 3.34. The number of nitrogens with zero attached hydrogens (tertiary/aromatic N) is 5.